The number of nitrogens with zero attached hydrogens (tertiary/aromatic N) is 7. The van der Waals surface area contributed by atoms with E-state index in [1.807, 2.05) is 59.7 Å². The van der Waals surface area contributed by atoms with Gasteiger partial charge in [-0.05, 0) is 307 Å². The molecular formula is C68H101N7. The molecule has 0 spiro atoms. The van der Waals surface area contributed by atoms with Crippen molar-refractivity contribution in [1.29, 1.82) is 0 Å². The molecule has 0 unspecified atom stereocenters. The van der Waals surface area contributed by atoms with Crippen molar-refractivity contribution >= 4 is 0 Å². The van der Waals surface area contributed by atoms with E-state index in [0.717, 1.165) is 87.6 Å². The van der Waals surface area contributed by atoms with Gasteiger partial charge in [0.25, 0.3) is 0 Å². The monoisotopic (exact) mass is 1020 g/mol. The van der Waals surface area contributed by atoms with E-state index in [-0.39, 0.29) is 0 Å². The summed E-state index contributed by atoms with van der Waals surface area (Å²) in [5.41, 5.74) is 37.8. The fraction of sp³-hybridized carbons (Fsp3) is 0.485. The van der Waals surface area contributed by atoms with Gasteiger partial charge in [-0.2, -0.15) is 0 Å². The molecular weight excluding hydrogens is 915 g/mol. The topological polar surface area (TPSA) is 90.2 Å². The van der Waals surface area contributed by atoms with Crippen LogP contribution in [0.25, 0.3) is 0 Å². The van der Waals surface area contributed by atoms with E-state index >= 15 is 0 Å². The highest BCUT2D eigenvalue weighted by molar-refractivity contribution is 5.41. The smallest absolute Gasteiger partial charge is 0.0410 e. The van der Waals surface area contributed by atoms with E-state index in [1.54, 1.807) is 5.56 Å². The summed E-state index contributed by atoms with van der Waals surface area (Å²) >= 11 is 0. The predicted molar refractivity (Wildman–Crippen MR) is 326 cm³/mol. The molecule has 0 saturated carbocycles. The third-order valence-corrected chi connectivity index (χ3v) is 15.5. The minimum Gasteiger partial charge on any atom is -0.258 e. The molecule has 0 fully saturated rings. The first-order chi connectivity index (χ1) is 34.8. The minimum absolute atomic E-state index is 1.09. The fourth-order valence-electron chi connectivity index (χ4n) is 8.70. The van der Waals surface area contributed by atoms with Crippen molar-refractivity contribution in [1.82, 2.24) is 34.9 Å². The number of aryl methyl sites for hydroxylation is 18. The van der Waals surface area contributed by atoms with Crippen LogP contribution in [-0.2, 0) is 19.3 Å². The highest BCUT2D eigenvalue weighted by Crippen LogP contribution is 2.23. The van der Waals surface area contributed by atoms with Crippen LogP contribution in [0.4, 0.5) is 0 Å². The Labute approximate surface area is 458 Å². The first-order valence-electron chi connectivity index (χ1n) is 27.2. The SMILES string of the molecule is CCc1c(C)nc(C)c(CC)c1CC.Cc1cc(C)c(C)nc1C.Cc1cc(C)c(C)nc1C.Cc1cccc(C)n1.Cc1nc(C)c(C)c(C)c1C.Cc1nc(C)c(C)c(C)c1C.Cc1nc(C)c(C)c(C)c1C. The van der Waals surface area contributed by atoms with E-state index < -0.39 is 0 Å². The normalized spacial score (nSPS) is 10.2. The Kier molecular flexibility index (Phi) is 27.9. The Morgan fingerprint density at radius 1 is 0.227 bits per heavy atom. The largest absolute Gasteiger partial charge is 0.258 e. The van der Waals surface area contributed by atoms with Crippen molar-refractivity contribution < 1.29 is 0 Å². The minimum atomic E-state index is 1.09. The van der Waals surface area contributed by atoms with Crippen molar-refractivity contribution in [3.63, 3.8) is 0 Å². The molecule has 0 radical (unpaired) electrons. The van der Waals surface area contributed by atoms with Crippen LogP contribution < -0.4 is 0 Å². The zero-order valence-electron chi connectivity index (χ0n) is 53.1. The van der Waals surface area contributed by atoms with E-state index in [9.17, 15) is 0 Å². The van der Waals surface area contributed by atoms with Crippen molar-refractivity contribution in [3.05, 3.63) is 199 Å². The van der Waals surface area contributed by atoms with E-state index in [4.69, 9.17) is 0 Å². The maximum absolute atomic E-state index is 4.62. The van der Waals surface area contributed by atoms with Gasteiger partial charge in [-0.25, -0.2) is 0 Å². The van der Waals surface area contributed by atoms with Crippen molar-refractivity contribution in [2.45, 2.75) is 227 Å². The second kappa shape index (κ2) is 31.2. The van der Waals surface area contributed by atoms with Gasteiger partial charge in [0.15, 0.2) is 0 Å². The maximum atomic E-state index is 4.62. The van der Waals surface area contributed by atoms with Gasteiger partial charge in [-0.15, -0.1) is 0 Å². The fourth-order valence-corrected chi connectivity index (χ4v) is 8.70. The summed E-state index contributed by atoms with van der Waals surface area (Å²) in [5, 5.41) is 0. The summed E-state index contributed by atoms with van der Waals surface area (Å²) in [4.78, 5) is 30.8. The third-order valence-electron chi connectivity index (χ3n) is 15.5. The van der Waals surface area contributed by atoms with Gasteiger partial charge in [0.2, 0.25) is 0 Å². The molecule has 0 bridgehead atoms. The van der Waals surface area contributed by atoms with Gasteiger partial charge in [0, 0.05) is 79.7 Å². The van der Waals surface area contributed by atoms with Gasteiger partial charge in [-0.3, -0.25) is 34.9 Å². The van der Waals surface area contributed by atoms with Crippen LogP contribution in [0.2, 0.25) is 0 Å². The predicted octanol–water partition coefficient (Wildman–Crippen LogP) is 17.6. The Bertz CT molecular complexity index is 2580. The molecule has 0 aromatic carbocycles. The molecule has 0 amide bonds. The van der Waals surface area contributed by atoms with Gasteiger partial charge in [-0.1, -0.05) is 39.0 Å². The molecule has 408 valence electrons. The summed E-state index contributed by atoms with van der Waals surface area (Å²) in [7, 11) is 0. The molecule has 0 atom stereocenters. The summed E-state index contributed by atoms with van der Waals surface area (Å²) < 4.78 is 0. The van der Waals surface area contributed by atoms with Crippen LogP contribution in [0.1, 0.15) is 190 Å². The van der Waals surface area contributed by atoms with Crippen LogP contribution in [0, 0.1) is 187 Å². The summed E-state index contributed by atoms with van der Waals surface area (Å²) in [5.74, 6) is 0. The summed E-state index contributed by atoms with van der Waals surface area (Å²) in [6.07, 6.45) is 3.35. The van der Waals surface area contributed by atoms with Crippen LogP contribution >= 0.6 is 0 Å². The number of pyridine rings is 7. The lowest BCUT2D eigenvalue weighted by Gasteiger charge is -2.16. The maximum Gasteiger partial charge on any atom is 0.0410 e. The molecule has 7 heterocycles. The van der Waals surface area contributed by atoms with Gasteiger partial charge < -0.3 is 0 Å². The van der Waals surface area contributed by atoms with Crippen LogP contribution in [0.5, 0.6) is 0 Å². The van der Waals surface area contributed by atoms with E-state index in [1.165, 1.54) is 94.8 Å². The van der Waals surface area contributed by atoms with Crippen LogP contribution in [0.3, 0.4) is 0 Å². The second-order valence-corrected chi connectivity index (χ2v) is 20.8. The molecule has 7 nitrogen and oxygen atoms in total. The number of aromatic nitrogens is 7. The highest BCUT2D eigenvalue weighted by Gasteiger charge is 2.12. The number of rotatable bonds is 3. The average Bonchev–Trinajstić information content (AvgIpc) is 3.34. The molecule has 0 N–H and O–H groups in total. The summed E-state index contributed by atoms with van der Waals surface area (Å²) in [6.45, 7) is 63.1. The van der Waals surface area contributed by atoms with Crippen LogP contribution in [0.15, 0.2) is 30.3 Å². The van der Waals surface area contributed by atoms with Crippen LogP contribution in [-0.4, -0.2) is 34.9 Å². The molecule has 7 heteroatoms. The number of hydrogen-bond acceptors (Lipinski definition) is 7. The van der Waals surface area contributed by atoms with Gasteiger partial charge in [0.05, 0.1) is 0 Å². The Hall–Kier alpha value is -5.95. The zero-order chi connectivity index (χ0) is 57.9. The first kappa shape index (κ1) is 67.1. The van der Waals surface area contributed by atoms with Gasteiger partial charge in [0.1, 0.15) is 0 Å². The van der Waals surface area contributed by atoms with Crippen molar-refractivity contribution in [2.75, 3.05) is 0 Å². The lowest BCUT2D eigenvalue weighted by molar-refractivity contribution is 0.905. The molecule has 7 rings (SSSR count). The van der Waals surface area contributed by atoms with Crippen molar-refractivity contribution in [2.24, 2.45) is 0 Å². The average molecular weight is 1020 g/mol. The first-order valence-corrected chi connectivity index (χ1v) is 27.2. The zero-order valence-corrected chi connectivity index (χ0v) is 53.1. The second-order valence-electron chi connectivity index (χ2n) is 20.8. The molecule has 0 aliphatic heterocycles. The Morgan fingerprint density at radius 3 is 0.600 bits per heavy atom. The lowest BCUT2D eigenvalue weighted by Crippen LogP contribution is -2.06. The standard InChI is InChI=1S/C13H21N.3C10H15N.2C9H13N.C7H9N/c1-6-11-9(4)14-10(5)12(7-2)13(11)8-3;3*1-6-7(2)9(4)11-10(5)8(6)3;2*1-6-5-7(2)9(4)10-8(6)3;1-6-4-3-5-7(2)8-6/h6-8H2,1-5H3;3*1-5H3;2*5H,1-4H3;3-5H,1-2H3. The lowest BCUT2D eigenvalue weighted by atomic mass is 9.94. The number of hydrogen-bond donors (Lipinski definition) is 0. The van der Waals surface area contributed by atoms with E-state index in [2.05, 4.69) is 213 Å². The molecule has 0 aliphatic rings. The molecule has 7 aromatic heterocycles. The molecule has 0 saturated heterocycles. The Balaban J connectivity index is 0.000000440. The Morgan fingerprint density at radius 2 is 0.427 bits per heavy atom. The van der Waals surface area contributed by atoms with E-state index in [0.29, 0.717) is 0 Å². The highest BCUT2D eigenvalue weighted by atomic mass is 14.7. The molecule has 0 aliphatic carbocycles. The molecule has 75 heavy (non-hydrogen) atoms. The quantitative estimate of drug-likeness (QED) is 0.174. The van der Waals surface area contributed by atoms with Crippen molar-refractivity contribution in [3.8, 4) is 0 Å². The van der Waals surface area contributed by atoms with Gasteiger partial charge >= 0.3 is 0 Å². The third kappa shape index (κ3) is 19.9. The molecule has 7 aromatic rings. The summed E-state index contributed by atoms with van der Waals surface area (Å²) in [6, 6.07) is 10.4.